The van der Waals surface area contributed by atoms with Gasteiger partial charge < -0.3 is 10.5 Å². The molecule has 94 valence electrons. The van der Waals surface area contributed by atoms with E-state index in [0.717, 1.165) is 22.1 Å². The zero-order valence-corrected chi connectivity index (χ0v) is 11.3. The first kappa shape index (κ1) is 14.4. The van der Waals surface area contributed by atoms with Gasteiger partial charge in [0.25, 0.3) is 0 Å². The summed E-state index contributed by atoms with van der Waals surface area (Å²) >= 11 is 7.73. The smallest absolute Gasteiger partial charge is 0.322 e. The Bertz CT molecular complexity index is 373. The quantitative estimate of drug-likeness (QED) is 0.639. The molecule has 0 bridgehead atoms. The Kier molecular flexibility index (Phi) is 6.40. The molecule has 0 fully saturated rings. The SMILES string of the molecule is COC(=O)C(N)CCSCc1ccccc1Cl. The van der Waals surface area contributed by atoms with Crippen LogP contribution >= 0.6 is 23.4 Å². The lowest BCUT2D eigenvalue weighted by molar-refractivity contribution is -0.142. The van der Waals surface area contributed by atoms with Gasteiger partial charge in [-0.15, -0.1) is 0 Å². The average molecular weight is 274 g/mol. The Hall–Kier alpha value is -0.710. The van der Waals surface area contributed by atoms with Crippen molar-refractivity contribution in [2.45, 2.75) is 18.2 Å². The summed E-state index contributed by atoms with van der Waals surface area (Å²) in [6.45, 7) is 0. The third-order valence-corrected chi connectivity index (χ3v) is 3.70. The molecule has 0 spiro atoms. The minimum atomic E-state index is -0.529. The van der Waals surface area contributed by atoms with E-state index in [4.69, 9.17) is 17.3 Å². The molecule has 0 saturated heterocycles. The minimum absolute atomic E-state index is 0.358. The third kappa shape index (κ3) is 4.98. The number of hydrogen-bond donors (Lipinski definition) is 1. The Morgan fingerprint density at radius 1 is 1.53 bits per heavy atom. The van der Waals surface area contributed by atoms with Crippen LogP contribution in [-0.4, -0.2) is 24.9 Å². The Labute approximate surface area is 111 Å². The standard InChI is InChI=1S/C12H16ClNO2S/c1-16-12(15)11(14)6-7-17-8-9-4-2-3-5-10(9)13/h2-5,11H,6-8,14H2,1H3. The average Bonchev–Trinajstić information content (AvgIpc) is 2.35. The van der Waals surface area contributed by atoms with Crippen LogP contribution < -0.4 is 5.73 Å². The van der Waals surface area contributed by atoms with E-state index in [0.29, 0.717) is 6.42 Å². The van der Waals surface area contributed by atoms with Crippen molar-refractivity contribution in [3.05, 3.63) is 34.9 Å². The number of carbonyl (C=O) groups excluding carboxylic acids is 1. The number of halogens is 1. The number of nitrogens with two attached hydrogens (primary N) is 1. The molecule has 0 aromatic heterocycles. The molecule has 0 saturated carbocycles. The second-order valence-corrected chi connectivity index (χ2v) is 5.07. The Balaban J connectivity index is 2.25. The summed E-state index contributed by atoms with van der Waals surface area (Å²) in [5.74, 6) is 1.28. The highest BCUT2D eigenvalue weighted by atomic mass is 35.5. The molecule has 2 N–H and O–H groups in total. The Morgan fingerprint density at radius 2 is 2.24 bits per heavy atom. The molecule has 17 heavy (non-hydrogen) atoms. The zero-order chi connectivity index (χ0) is 12.7. The van der Waals surface area contributed by atoms with E-state index < -0.39 is 6.04 Å². The maximum atomic E-state index is 11.1. The molecule has 1 atom stereocenters. The Morgan fingerprint density at radius 3 is 2.88 bits per heavy atom. The summed E-state index contributed by atoms with van der Waals surface area (Å²) < 4.78 is 4.55. The molecule has 0 aliphatic rings. The molecular weight excluding hydrogens is 258 g/mol. The topological polar surface area (TPSA) is 52.3 Å². The highest BCUT2D eigenvalue weighted by Gasteiger charge is 2.12. The van der Waals surface area contributed by atoms with E-state index in [-0.39, 0.29) is 5.97 Å². The van der Waals surface area contributed by atoms with E-state index in [9.17, 15) is 4.79 Å². The van der Waals surface area contributed by atoms with Crippen molar-refractivity contribution < 1.29 is 9.53 Å². The number of rotatable bonds is 6. The van der Waals surface area contributed by atoms with Crippen LogP contribution in [0.3, 0.4) is 0 Å². The van der Waals surface area contributed by atoms with Gasteiger partial charge in [-0.3, -0.25) is 4.79 Å². The summed E-state index contributed by atoms with van der Waals surface area (Å²) in [5, 5.41) is 0.775. The first-order chi connectivity index (χ1) is 8.15. The molecule has 0 aliphatic heterocycles. The number of ether oxygens (including phenoxy) is 1. The monoisotopic (exact) mass is 273 g/mol. The molecule has 0 radical (unpaired) electrons. The number of carbonyl (C=O) groups is 1. The van der Waals surface area contributed by atoms with Crippen molar-refractivity contribution in [3.8, 4) is 0 Å². The van der Waals surface area contributed by atoms with Crippen molar-refractivity contribution in [2.75, 3.05) is 12.9 Å². The fourth-order valence-electron chi connectivity index (χ4n) is 1.28. The number of benzene rings is 1. The van der Waals surface area contributed by atoms with Crippen molar-refractivity contribution in [3.63, 3.8) is 0 Å². The van der Waals surface area contributed by atoms with Gasteiger partial charge in [-0.2, -0.15) is 11.8 Å². The number of methoxy groups -OCH3 is 1. The zero-order valence-electron chi connectivity index (χ0n) is 9.69. The lowest BCUT2D eigenvalue weighted by atomic mass is 10.2. The van der Waals surface area contributed by atoms with Crippen molar-refractivity contribution in [1.29, 1.82) is 0 Å². The fraction of sp³-hybridized carbons (Fsp3) is 0.417. The molecule has 1 aromatic carbocycles. The second-order valence-electron chi connectivity index (χ2n) is 3.56. The van der Waals surface area contributed by atoms with Crippen molar-refractivity contribution in [2.24, 2.45) is 5.73 Å². The molecule has 0 aliphatic carbocycles. The van der Waals surface area contributed by atoms with Crippen LogP contribution in [0.1, 0.15) is 12.0 Å². The molecule has 1 aromatic rings. The van der Waals surface area contributed by atoms with E-state index >= 15 is 0 Å². The summed E-state index contributed by atoms with van der Waals surface area (Å²) in [6, 6.07) is 7.21. The molecule has 1 unspecified atom stereocenters. The summed E-state index contributed by atoms with van der Waals surface area (Å²) in [5.41, 5.74) is 6.73. The highest BCUT2D eigenvalue weighted by Crippen LogP contribution is 2.21. The van der Waals surface area contributed by atoms with E-state index in [1.165, 1.54) is 7.11 Å². The number of esters is 1. The highest BCUT2D eigenvalue weighted by molar-refractivity contribution is 7.98. The molecule has 0 heterocycles. The third-order valence-electron chi connectivity index (χ3n) is 2.29. The normalized spacial score (nSPS) is 12.2. The molecular formula is C12H16ClNO2S. The van der Waals surface area contributed by atoms with Gasteiger partial charge in [0.15, 0.2) is 0 Å². The van der Waals surface area contributed by atoms with Crippen LogP contribution in [0.4, 0.5) is 0 Å². The number of thioether (sulfide) groups is 1. The molecule has 1 rings (SSSR count). The van der Waals surface area contributed by atoms with E-state index in [1.54, 1.807) is 11.8 Å². The van der Waals surface area contributed by atoms with Gasteiger partial charge in [-0.05, 0) is 23.8 Å². The number of hydrogen-bond acceptors (Lipinski definition) is 4. The van der Waals surface area contributed by atoms with Gasteiger partial charge in [0.05, 0.1) is 7.11 Å². The first-order valence-electron chi connectivity index (χ1n) is 5.29. The van der Waals surface area contributed by atoms with E-state index in [2.05, 4.69) is 4.74 Å². The van der Waals surface area contributed by atoms with Gasteiger partial charge in [0.2, 0.25) is 0 Å². The largest absolute Gasteiger partial charge is 0.468 e. The maximum Gasteiger partial charge on any atom is 0.322 e. The lowest BCUT2D eigenvalue weighted by Crippen LogP contribution is -2.31. The van der Waals surface area contributed by atoms with Crippen molar-refractivity contribution in [1.82, 2.24) is 0 Å². The first-order valence-corrected chi connectivity index (χ1v) is 6.83. The van der Waals surface area contributed by atoms with Crippen LogP contribution in [0.15, 0.2) is 24.3 Å². The van der Waals surface area contributed by atoms with Gasteiger partial charge in [-0.1, -0.05) is 29.8 Å². The van der Waals surface area contributed by atoms with E-state index in [1.807, 2.05) is 24.3 Å². The van der Waals surface area contributed by atoms with Crippen LogP contribution in [0.25, 0.3) is 0 Å². The van der Waals surface area contributed by atoms with Crippen LogP contribution in [0, 0.1) is 0 Å². The predicted octanol–water partition coefficient (Wildman–Crippen LogP) is 2.46. The molecule has 0 amide bonds. The van der Waals surface area contributed by atoms with Crippen molar-refractivity contribution >= 4 is 29.3 Å². The van der Waals surface area contributed by atoms with Crippen LogP contribution in [0.2, 0.25) is 5.02 Å². The van der Waals surface area contributed by atoms with Gasteiger partial charge in [0.1, 0.15) is 6.04 Å². The molecule has 3 nitrogen and oxygen atoms in total. The second kappa shape index (κ2) is 7.58. The minimum Gasteiger partial charge on any atom is -0.468 e. The van der Waals surface area contributed by atoms with Gasteiger partial charge in [-0.25, -0.2) is 0 Å². The summed E-state index contributed by atoms with van der Waals surface area (Å²) in [4.78, 5) is 11.1. The summed E-state index contributed by atoms with van der Waals surface area (Å²) in [6.07, 6.45) is 0.613. The van der Waals surface area contributed by atoms with Gasteiger partial charge >= 0.3 is 5.97 Å². The molecule has 5 heteroatoms. The van der Waals surface area contributed by atoms with Gasteiger partial charge in [0, 0.05) is 10.8 Å². The fourth-order valence-corrected chi connectivity index (χ4v) is 2.60. The summed E-state index contributed by atoms with van der Waals surface area (Å²) in [7, 11) is 1.35. The maximum absolute atomic E-state index is 11.1. The van der Waals surface area contributed by atoms with Crippen LogP contribution in [-0.2, 0) is 15.3 Å². The lowest BCUT2D eigenvalue weighted by Gasteiger charge is -2.08. The predicted molar refractivity (Wildman–Crippen MR) is 72.2 cm³/mol. The van der Waals surface area contributed by atoms with Crippen LogP contribution in [0.5, 0.6) is 0 Å².